The van der Waals surface area contributed by atoms with E-state index in [-0.39, 0.29) is 35.5 Å². The molecule has 4 atom stereocenters. The van der Waals surface area contributed by atoms with E-state index in [1.165, 1.54) is 4.90 Å². The molecule has 0 unspecified atom stereocenters. The van der Waals surface area contributed by atoms with Crippen LogP contribution in [0.5, 0.6) is 11.5 Å². The summed E-state index contributed by atoms with van der Waals surface area (Å²) in [4.78, 5) is 26.9. The fourth-order valence-corrected chi connectivity index (χ4v) is 4.33. The van der Waals surface area contributed by atoms with Crippen LogP contribution in [0, 0.1) is 23.7 Å². The van der Waals surface area contributed by atoms with Gasteiger partial charge >= 0.3 is 0 Å². The van der Waals surface area contributed by atoms with Crippen molar-refractivity contribution < 1.29 is 19.1 Å². The molecule has 2 aliphatic heterocycles. The summed E-state index contributed by atoms with van der Waals surface area (Å²) in [5.41, 5.74) is 0.591. The van der Waals surface area contributed by atoms with Crippen molar-refractivity contribution in [3.05, 3.63) is 30.4 Å². The van der Waals surface area contributed by atoms with E-state index in [1.807, 2.05) is 0 Å². The molecule has 112 valence electrons. The standard InChI is InChI=1S/C17H15NO4/c19-16-14-9-1-2-10(7-9)15(14)17(20)18(16)11-3-4-12-13(8-11)22-6-5-21-12/h1-4,8-10,14-15H,5-7H2/t9-,10-,14-,15+/m0/s1. The summed E-state index contributed by atoms with van der Waals surface area (Å²) in [5.74, 6) is 1.25. The number of fused-ring (bicyclic) bond motifs is 6. The molecule has 5 heteroatoms. The zero-order chi connectivity index (χ0) is 14.8. The molecule has 0 spiro atoms. The molecule has 5 rings (SSSR count). The van der Waals surface area contributed by atoms with Crippen molar-refractivity contribution in [2.45, 2.75) is 6.42 Å². The van der Waals surface area contributed by atoms with Gasteiger partial charge in [-0.05, 0) is 30.4 Å². The van der Waals surface area contributed by atoms with Crippen molar-refractivity contribution in [3.8, 4) is 11.5 Å². The maximum atomic E-state index is 12.8. The second-order valence-corrected chi connectivity index (χ2v) is 6.34. The highest BCUT2D eigenvalue weighted by Crippen LogP contribution is 2.53. The van der Waals surface area contributed by atoms with E-state index in [4.69, 9.17) is 9.47 Å². The number of carbonyl (C=O) groups excluding carboxylic acids is 2. The minimum Gasteiger partial charge on any atom is -0.486 e. The van der Waals surface area contributed by atoms with E-state index in [2.05, 4.69) is 12.2 Å². The highest BCUT2D eigenvalue weighted by atomic mass is 16.6. The molecule has 0 radical (unpaired) electrons. The normalized spacial score (nSPS) is 34.5. The highest BCUT2D eigenvalue weighted by Gasteiger charge is 2.59. The smallest absolute Gasteiger partial charge is 0.238 e. The van der Waals surface area contributed by atoms with Gasteiger partial charge in [0.2, 0.25) is 11.8 Å². The van der Waals surface area contributed by atoms with Gasteiger partial charge in [-0.2, -0.15) is 0 Å². The molecule has 2 aliphatic carbocycles. The van der Waals surface area contributed by atoms with Crippen molar-refractivity contribution >= 4 is 17.5 Å². The molecule has 4 aliphatic rings. The zero-order valence-corrected chi connectivity index (χ0v) is 11.9. The molecule has 22 heavy (non-hydrogen) atoms. The molecule has 5 nitrogen and oxygen atoms in total. The van der Waals surface area contributed by atoms with E-state index < -0.39 is 0 Å². The molecule has 2 bridgehead atoms. The van der Waals surface area contributed by atoms with Crippen molar-refractivity contribution in [3.63, 3.8) is 0 Å². The van der Waals surface area contributed by atoms with Crippen LogP contribution in [-0.2, 0) is 9.59 Å². The molecule has 2 fully saturated rings. The fraction of sp³-hybridized carbons (Fsp3) is 0.412. The molecule has 2 amide bonds. The molecule has 1 saturated heterocycles. The Balaban J connectivity index is 1.54. The van der Waals surface area contributed by atoms with E-state index in [0.29, 0.717) is 30.4 Å². The Labute approximate surface area is 127 Å². The summed E-state index contributed by atoms with van der Waals surface area (Å²) in [7, 11) is 0. The Bertz CT molecular complexity index is 695. The number of hydrogen-bond donors (Lipinski definition) is 0. The van der Waals surface area contributed by atoms with Gasteiger partial charge in [0.15, 0.2) is 11.5 Å². The van der Waals surface area contributed by atoms with Gasteiger partial charge in [-0.25, -0.2) is 4.90 Å². The first kappa shape index (κ1) is 12.3. The van der Waals surface area contributed by atoms with E-state index >= 15 is 0 Å². The Morgan fingerprint density at radius 1 is 0.909 bits per heavy atom. The van der Waals surface area contributed by atoms with Crippen molar-refractivity contribution in [2.24, 2.45) is 23.7 Å². The molecule has 0 N–H and O–H groups in total. The monoisotopic (exact) mass is 297 g/mol. The van der Waals surface area contributed by atoms with Gasteiger partial charge < -0.3 is 9.47 Å². The van der Waals surface area contributed by atoms with Gasteiger partial charge in [-0.1, -0.05) is 12.2 Å². The van der Waals surface area contributed by atoms with Crippen LogP contribution < -0.4 is 14.4 Å². The highest BCUT2D eigenvalue weighted by molar-refractivity contribution is 6.22. The van der Waals surface area contributed by atoms with Crippen LogP contribution >= 0.6 is 0 Å². The van der Waals surface area contributed by atoms with Crippen LogP contribution in [0.4, 0.5) is 5.69 Å². The van der Waals surface area contributed by atoms with Gasteiger partial charge in [0.05, 0.1) is 17.5 Å². The number of imide groups is 1. The predicted octanol–water partition coefficient (Wildman–Crippen LogP) is 1.77. The number of hydrogen-bond acceptors (Lipinski definition) is 4. The summed E-state index contributed by atoms with van der Waals surface area (Å²) < 4.78 is 11.0. The Kier molecular flexibility index (Phi) is 2.30. The van der Waals surface area contributed by atoms with Gasteiger partial charge in [-0.3, -0.25) is 9.59 Å². The lowest BCUT2D eigenvalue weighted by Crippen LogP contribution is -2.33. The van der Waals surface area contributed by atoms with Gasteiger partial charge in [-0.15, -0.1) is 0 Å². The number of benzene rings is 1. The number of rotatable bonds is 1. The molecule has 0 aromatic heterocycles. The second-order valence-electron chi connectivity index (χ2n) is 6.34. The zero-order valence-electron chi connectivity index (χ0n) is 11.9. The Morgan fingerprint density at radius 2 is 1.55 bits per heavy atom. The van der Waals surface area contributed by atoms with E-state index in [0.717, 1.165) is 6.42 Å². The lowest BCUT2D eigenvalue weighted by molar-refractivity contribution is -0.123. The molecule has 2 heterocycles. The Hall–Kier alpha value is -2.30. The Morgan fingerprint density at radius 3 is 2.23 bits per heavy atom. The van der Waals surface area contributed by atoms with Gasteiger partial charge in [0.1, 0.15) is 13.2 Å². The SMILES string of the molecule is O=C1[C@@H]2[C@H](C(=O)N1c1ccc3c(c1)OCCO3)[C@H]1C=C[C@H]2C1. The minimum atomic E-state index is -0.171. The average Bonchev–Trinajstić information content (AvgIpc) is 3.21. The van der Waals surface area contributed by atoms with Crippen LogP contribution in [0.2, 0.25) is 0 Å². The number of nitrogens with zero attached hydrogens (tertiary/aromatic N) is 1. The summed E-state index contributed by atoms with van der Waals surface area (Å²) in [6.45, 7) is 1.00. The summed E-state index contributed by atoms with van der Waals surface area (Å²) in [6, 6.07) is 5.27. The number of ether oxygens (including phenoxy) is 2. The van der Waals surface area contributed by atoms with Crippen LogP contribution in [0.15, 0.2) is 30.4 Å². The van der Waals surface area contributed by atoms with Crippen LogP contribution in [0.1, 0.15) is 6.42 Å². The van der Waals surface area contributed by atoms with Crippen molar-refractivity contribution in [1.82, 2.24) is 0 Å². The minimum absolute atomic E-state index is 0.0662. The average molecular weight is 297 g/mol. The van der Waals surface area contributed by atoms with Crippen molar-refractivity contribution in [1.29, 1.82) is 0 Å². The number of allylic oxidation sites excluding steroid dienone is 2. The summed E-state index contributed by atoms with van der Waals surface area (Å²) in [5, 5.41) is 0. The van der Waals surface area contributed by atoms with Gasteiger partial charge in [0.25, 0.3) is 0 Å². The molecule has 1 aromatic rings. The molecule has 1 aromatic carbocycles. The lowest BCUT2D eigenvalue weighted by Gasteiger charge is -2.22. The topological polar surface area (TPSA) is 55.8 Å². The van der Waals surface area contributed by atoms with Crippen LogP contribution in [0.3, 0.4) is 0 Å². The molecular formula is C17H15NO4. The number of anilines is 1. The van der Waals surface area contributed by atoms with Crippen LogP contribution in [-0.4, -0.2) is 25.0 Å². The third-order valence-corrected chi connectivity index (χ3v) is 5.25. The van der Waals surface area contributed by atoms with Crippen LogP contribution in [0.25, 0.3) is 0 Å². The number of carbonyl (C=O) groups is 2. The number of amides is 2. The van der Waals surface area contributed by atoms with Gasteiger partial charge in [0, 0.05) is 6.07 Å². The van der Waals surface area contributed by atoms with E-state index in [9.17, 15) is 9.59 Å². The molecule has 1 saturated carbocycles. The third-order valence-electron chi connectivity index (χ3n) is 5.25. The predicted molar refractivity (Wildman–Crippen MR) is 77.6 cm³/mol. The maximum absolute atomic E-state index is 12.8. The first-order valence-corrected chi connectivity index (χ1v) is 7.70. The first-order chi connectivity index (χ1) is 10.7. The second kappa shape index (κ2) is 4.12. The third kappa shape index (κ3) is 1.43. The summed E-state index contributed by atoms with van der Waals surface area (Å²) in [6.07, 6.45) is 5.15. The largest absolute Gasteiger partial charge is 0.486 e. The fourth-order valence-electron chi connectivity index (χ4n) is 4.33. The maximum Gasteiger partial charge on any atom is 0.238 e. The van der Waals surface area contributed by atoms with E-state index in [1.54, 1.807) is 18.2 Å². The summed E-state index contributed by atoms with van der Waals surface area (Å²) >= 11 is 0. The molecular weight excluding hydrogens is 282 g/mol. The quantitative estimate of drug-likeness (QED) is 0.585. The first-order valence-electron chi connectivity index (χ1n) is 7.70. The van der Waals surface area contributed by atoms with Crippen molar-refractivity contribution in [2.75, 3.05) is 18.1 Å². The lowest BCUT2D eigenvalue weighted by atomic mass is 9.85.